The van der Waals surface area contributed by atoms with Crippen molar-refractivity contribution < 1.29 is 9.59 Å². The van der Waals surface area contributed by atoms with E-state index in [1.807, 2.05) is 32.9 Å². The third-order valence-corrected chi connectivity index (χ3v) is 11.2. The molecule has 0 aromatic heterocycles. The summed E-state index contributed by atoms with van der Waals surface area (Å²) < 4.78 is 0. The van der Waals surface area contributed by atoms with Crippen LogP contribution in [-0.2, 0) is 11.2 Å². The second kappa shape index (κ2) is 9.17. The van der Waals surface area contributed by atoms with Crippen LogP contribution >= 0.6 is 0 Å². The molecule has 0 bridgehead atoms. The summed E-state index contributed by atoms with van der Waals surface area (Å²) in [6.07, 6.45) is 12.2. The first kappa shape index (κ1) is 25.8. The fraction of sp³-hybridized carbons (Fsp3) is 0.750. The molecule has 4 nitrogen and oxygen atoms in total. The maximum absolute atomic E-state index is 12.5. The van der Waals surface area contributed by atoms with Gasteiger partial charge >= 0.3 is 0 Å². The molecule has 1 unspecified atom stereocenters. The Labute approximate surface area is 219 Å². The maximum atomic E-state index is 12.5. The Hall–Kier alpha value is -1.84. The summed E-state index contributed by atoms with van der Waals surface area (Å²) in [4.78, 5) is 27.0. The first-order valence-corrected chi connectivity index (χ1v) is 14.6. The molecule has 36 heavy (non-hydrogen) atoms. The van der Waals surface area contributed by atoms with Crippen LogP contribution in [0.2, 0.25) is 0 Å². The van der Waals surface area contributed by atoms with Gasteiger partial charge in [0.05, 0.1) is 0 Å². The number of amides is 2. The lowest BCUT2D eigenvalue weighted by Gasteiger charge is -2.62. The highest BCUT2D eigenvalue weighted by Gasteiger charge is 2.60. The molecule has 1 N–H and O–H groups in total. The van der Waals surface area contributed by atoms with Crippen LogP contribution in [0.15, 0.2) is 24.3 Å². The van der Waals surface area contributed by atoms with Crippen molar-refractivity contribution in [2.45, 2.75) is 110 Å². The van der Waals surface area contributed by atoms with Crippen LogP contribution in [-0.4, -0.2) is 35.3 Å². The number of hydrogen-bond acceptors (Lipinski definition) is 2. The van der Waals surface area contributed by atoms with Gasteiger partial charge in [-0.3, -0.25) is 9.59 Å². The van der Waals surface area contributed by atoms with Gasteiger partial charge in [-0.05, 0) is 131 Å². The highest BCUT2D eigenvalue weighted by atomic mass is 16.2. The molecule has 1 saturated heterocycles. The Morgan fingerprint density at radius 3 is 2.36 bits per heavy atom. The quantitative estimate of drug-likeness (QED) is 0.513. The highest BCUT2D eigenvalue weighted by Crippen LogP contribution is 2.66. The smallest absolute Gasteiger partial charge is 0.251 e. The van der Waals surface area contributed by atoms with Gasteiger partial charge in [0.2, 0.25) is 5.91 Å². The molecule has 3 aliphatic carbocycles. The average molecular weight is 493 g/mol. The third kappa shape index (κ3) is 4.41. The minimum absolute atomic E-state index is 0.00824. The number of carbonyl (C=O) groups excluding carboxylic acids is 2. The molecule has 198 valence electrons. The monoisotopic (exact) mass is 492 g/mol. The Kier molecular flexibility index (Phi) is 6.57. The Balaban J connectivity index is 1.23. The summed E-state index contributed by atoms with van der Waals surface area (Å²) in [5.41, 5.74) is 2.66. The molecule has 4 heteroatoms. The van der Waals surface area contributed by atoms with Crippen molar-refractivity contribution in [3.05, 3.63) is 35.4 Å². The molecule has 4 aliphatic rings. The zero-order valence-electron chi connectivity index (χ0n) is 23.5. The number of nitrogens with zero attached hydrogens (tertiary/aromatic N) is 1. The lowest BCUT2D eigenvalue weighted by atomic mass is 9.46. The number of aryl methyl sites for hydroxylation is 1. The SMILES string of the molecule is CN1C(=O)CC[C@@]2(C)C1CC[C@H]1[C@@H]3CC[C@H](CCc4ccc(C(=O)NC(C)(C)C)cc4)[C@@]3(C)CC[C@@H]12. The molecule has 0 radical (unpaired) electrons. The van der Waals surface area contributed by atoms with Crippen molar-refractivity contribution in [1.29, 1.82) is 0 Å². The van der Waals surface area contributed by atoms with E-state index in [4.69, 9.17) is 0 Å². The van der Waals surface area contributed by atoms with Crippen LogP contribution in [0.4, 0.5) is 0 Å². The van der Waals surface area contributed by atoms with E-state index in [9.17, 15) is 9.59 Å². The minimum Gasteiger partial charge on any atom is -0.347 e. The zero-order chi connectivity index (χ0) is 25.9. The van der Waals surface area contributed by atoms with Gasteiger partial charge < -0.3 is 10.2 Å². The molecule has 1 aromatic rings. The summed E-state index contributed by atoms with van der Waals surface area (Å²) in [5.74, 6) is 3.65. The van der Waals surface area contributed by atoms with E-state index in [1.54, 1.807) is 0 Å². The molecule has 1 aliphatic heterocycles. The fourth-order valence-electron chi connectivity index (χ4n) is 9.31. The van der Waals surface area contributed by atoms with E-state index >= 15 is 0 Å². The molecule has 0 spiro atoms. The summed E-state index contributed by atoms with van der Waals surface area (Å²) in [6, 6.07) is 8.76. The molecule has 1 heterocycles. The second-order valence-electron chi connectivity index (χ2n) is 14.2. The van der Waals surface area contributed by atoms with Gasteiger partial charge in [-0.15, -0.1) is 0 Å². The number of carbonyl (C=O) groups is 2. The molecule has 7 atom stereocenters. The van der Waals surface area contributed by atoms with Gasteiger partial charge in [-0.2, -0.15) is 0 Å². The largest absolute Gasteiger partial charge is 0.347 e. The number of benzene rings is 1. The number of likely N-dealkylation sites (tertiary alicyclic amines) is 1. The van der Waals surface area contributed by atoms with Crippen molar-refractivity contribution in [1.82, 2.24) is 10.2 Å². The molecule has 5 rings (SSSR count). The third-order valence-electron chi connectivity index (χ3n) is 11.2. The van der Waals surface area contributed by atoms with Gasteiger partial charge in [-0.1, -0.05) is 26.0 Å². The lowest BCUT2D eigenvalue weighted by molar-refractivity contribution is -0.158. The van der Waals surface area contributed by atoms with Crippen LogP contribution in [0.3, 0.4) is 0 Å². The Morgan fingerprint density at radius 1 is 0.972 bits per heavy atom. The van der Waals surface area contributed by atoms with Gasteiger partial charge in [0.25, 0.3) is 5.91 Å². The zero-order valence-corrected chi connectivity index (χ0v) is 23.5. The molecule has 4 fully saturated rings. The van der Waals surface area contributed by atoms with E-state index in [2.05, 4.69) is 43.2 Å². The van der Waals surface area contributed by atoms with Crippen LogP contribution in [0.5, 0.6) is 0 Å². The van der Waals surface area contributed by atoms with E-state index in [-0.39, 0.29) is 11.4 Å². The number of fused-ring (bicyclic) bond motifs is 5. The molecular formula is C32H48N2O2. The summed E-state index contributed by atoms with van der Waals surface area (Å²) in [7, 11) is 2.06. The van der Waals surface area contributed by atoms with Crippen LogP contribution in [0.25, 0.3) is 0 Å². The average Bonchev–Trinajstić information content (AvgIpc) is 3.16. The number of nitrogens with one attached hydrogen (secondary N) is 1. The van der Waals surface area contributed by atoms with Crippen LogP contribution in [0, 0.1) is 34.5 Å². The number of hydrogen-bond donors (Lipinski definition) is 1. The normalized spacial score (nSPS) is 38.2. The van der Waals surface area contributed by atoms with E-state index < -0.39 is 0 Å². The first-order chi connectivity index (χ1) is 16.9. The second-order valence-corrected chi connectivity index (χ2v) is 14.2. The van der Waals surface area contributed by atoms with Gasteiger partial charge in [0.15, 0.2) is 0 Å². The summed E-state index contributed by atoms with van der Waals surface area (Å²) >= 11 is 0. The van der Waals surface area contributed by atoms with Crippen molar-refractivity contribution in [3.63, 3.8) is 0 Å². The molecule has 2 amide bonds. The molecule has 1 aromatic carbocycles. The Bertz CT molecular complexity index is 994. The van der Waals surface area contributed by atoms with Gasteiger partial charge in [0.1, 0.15) is 0 Å². The summed E-state index contributed by atoms with van der Waals surface area (Å²) in [5, 5.41) is 3.06. The van der Waals surface area contributed by atoms with Gasteiger partial charge in [-0.25, -0.2) is 0 Å². The number of piperidine rings is 1. The maximum Gasteiger partial charge on any atom is 0.251 e. The predicted molar refractivity (Wildman–Crippen MR) is 146 cm³/mol. The standard InChI is InChI=1S/C32H48N2O2/c1-30(2,3)33-29(36)22-10-7-21(8-11-22)9-12-23-13-15-25-24-14-16-27-32(5,20-18-28(35)34(27)6)26(24)17-19-31(23,25)4/h7-8,10-11,23-27H,9,12-20H2,1-6H3,(H,33,36)/t23-,24-,25-,26-,27?,31+,32+/m0/s1. The topological polar surface area (TPSA) is 49.4 Å². The highest BCUT2D eigenvalue weighted by molar-refractivity contribution is 5.94. The van der Waals surface area contributed by atoms with E-state index in [1.165, 1.54) is 50.5 Å². The van der Waals surface area contributed by atoms with Crippen molar-refractivity contribution in [2.75, 3.05) is 7.05 Å². The van der Waals surface area contributed by atoms with Crippen molar-refractivity contribution in [3.8, 4) is 0 Å². The molecule has 3 saturated carbocycles. The van der Waals surface area contributed by atoms with Crippen LogP contribution < -0.4 is 5.32 Å². The summed E-state index contributed by atoms with van der Waals surface area (Å²) in [6.45, 7) is 11.2. The Morgan fingerprint density at radius 2 is 1.67 bits per heavy atom. The predicted octanol–water partition coefficient (Wildman–Crippen LogP) is 6.63. The number of rotatable bonds is 4. The first-order valence-electron chi connectivity index (χ1n) is 14.6. The molecular weight excluding hydrogens is 444 g/mol. The van der Waals surface area contributed by atoms with Crippen LogP contribution in [0.1, 0.15) is 108 Å². The fourth-order valence-corrected chi connectivity index (χ4v) is 9.31. The lowest BCUT2D eigenvalue weighted by Crippen LogP contribution is -2.61. The van der Waals surface area contributed by atoms with Gasteiger partial charge in [0, 0.05) is 30.6 Å². The minimum atomic E-state index is -0.218. The van der Waals surface area contributed by atoms with Crippen molar-refractivity contribution >= 4 is 11.8 Å². The van der Waals surface area contributed by atoms with E-state index in [0.717, 1.165) is 48.5 Å². The van der Waals surface area contributed by atoms with E-state index in [0.29, 0.717) is 22.8 Å². The van der Waals surface area contributed by atoms with Crippen molar-refractivity contribution in [2.24, 2.45) is 34.5 Å².